The normalized spacial score (nSPS) is 28.1. The van der Waals surface area contributed by atoms with E-state index in [0.717, 1.165) is 12.8 Å². The number of nitrogens with zero attached hydrogens (tertiary/aromatic N) is 3. The number of carbonyl (C=O) groups excluding carboxylic acids is 2. The SMILES string of the molecule is CO[C@@H]1CC[C@H]2CCOc3c(C#N)cccc3C(=O)N(C)C[C@H](C)C(=O)N(C)C[C@@H]1O2. The lowest BCUT2D eigenvalue weighted by atomic mass is 9.98. The smallest absolute Gasteiger partial charge is 0.257 e. The molecule has 31 heavy (non-hydrogen) atoms. The zero-order valence-electron chi connectivity index (χ0n) is 18.7. The monoisotopic (exact) mass is 429 g/mol. The van der Waals surface area contributed by atoms with Crippen LogP contribution in [0.3, 0.4) is 0 Å². The Balaban J connectivity index is 1.92. The highest BCUT2D eigenvalue weighted by molar-refractivity contribution is 5.97. The Morgan fingerprint density at radius 3 is 2.61 bits per heavy atom. The lowest BCUT2D eigenvalue weighted by Crippen LogP contribution is -2.49. The summed E-state index contributed by atoms with van der Waals surface area (Å²) in [5, 5.41) is 9.51. The topological polar surface area (TPSA) is 92.1 Å². The average Bonchev–Trinajstić information content (AvgIpc) is 2.77. The molecule has 1 saturated heterocycles. The molecular formula is C23H31N3O5. The van der Waals surface area contributed by atoms with Crippen LogP contribution in [0.5, 0.6) is 5.75 Å². The highest BCUT2D eigenvalue weighted by atomic mass is 16.5. The van der Waals surface area contributed by atoms with E-state index in [2.05, 4.69) is 6.07 Å². The van der Waals surface area contributed by atoms with Gasteiger partial charge in [-0.15, -0.1) is 0 Å². The fourth-order valence-electron chi connectivity index (χ4n) is 4.34. The van der Waals surface area contributed by atoms with Crippen LogP contribution in [0.1, 0.15) is 42.1 Å². The summed E-state index contributed by atoms with van der Waals surface area (Å²) in [6.45, 7) is 2.81. The van der Waals surface area contributed by atoms with Gasteiger partial charge in [-0.2, -0.15) is 5.26 Å². The van der Waals surface area contributed by atoms with Crippen LogP contribution >= 0.6 is 0 Å². The molecule has 2 heterocycles. The van der Waals surface area contributed by atoms with Gasteiger partial charge in [-0.3, -0.25) is 9.59 Å². The van der Waals surface area contributed by atoms with Gasteiger partial charge in [0.2, 0.25) is 5.91 Å². The van der Waals surface area contributed by atoms with Gasteiger partial charge in [-0.1, -0.05) is 13.0 Å². The largest absolute Gasteiger partial charge is 0.491 e. The van der Waals surface area contributed by atoms with E-state index in [4.69, 9.17) is 14.2 Å². The summed E-state index contributed by atoms with van der Waals surface area (Å²) in [5.41, 5.74) is 0.639. The zero-order chi connectivity index (χ0) is 22.5. The number of fused-ring (bicyclic) bond motifs is 3. The second kappa shape index (κ2) is 10.1. The van der Waals surface area contributed by atoms with E-state index in [1.165, 1.54) is 4.90 Å². The summed E-state index contributed by atoms with van der Waals surface area (Å²) in [5.74, 6) is -0.445. The van der Waals surface area contributed by atoms with E-state index in [9.17, 15) is 14.9 Å². The molecule has 168 valence electrons. The minimum Gasteiger partial charge on any atom is -0.491 e. The van der Waals surface area contributed by atoms with Crippen LogP contribution in [0.25, 0.3) is 0 Å². The Hall–Kier alpha value is -2.63. The molecular weight excluding hydrogens is 398 g/mol. The molecule has 0 saturated carbocycles. The van der Waals surface area contributed by atoms with Crippen LogP contribution in [-0.2, 0) is 14.3 Å². The molecule has 0 radical (unpaired) electrons. The first-order valence-corrected chi connectivity index (χ1v) is 10.7. The van der Waals surface area contributed by atoms with Gasteiger partial charge in [0.05, 0.1) is 35.9 Å². The summed E-state index contributed by atoms with van der Waals surface area (Å²) in [6, 6.07) is 7.07. The van der Waals surface area contributed by atoms with Crippen LogP contribution in [0.2, 0.25) is 0 Å². The maximum atomic E-state index is 13.1. The number of benzene rings is 1. The molecule has 1 fully saturated rings. The molecule has 3 rings (SSSR count). The van der Waals surface area contributed by atoms with Gasteiger partial charge < -0.3 is 24.0 Å². The molecule has 2 aliphatic heterocycles. The molecule has 8 heteroatoms. The molecule has 2 aliphatic rings. The number of nitriles is 1. The van der Waals surface area contributed by atoms with E-state index in [1.54, 1.807) is 44.3 Å². The Bertz CT molecular complexity index is 852. The van der Waals surface area contributed by atoms with Crippen molar-refractivity contribution in [3.8, 4) is 11.8 Å². The standard InChI is InChI=1S/C23H31N3O5/c1-15-13-25(2)23(28)18-7-5-6-16(12-24)21(18)30-11-10-17-8-9-19(29-4)20(31-17)14-26(3)22(15)27/h5-7,15,17,19-20H,8-11,13-14H2,1-4H3/t15-,17-,19+,20-/m0/s1. The van der Waals surface area contributed by atoms with E-state index >= 15 is 0 Å². The number of rotatable bonds is 1. The molecule has 2 amide bonds. The van der Waals surface area contributed by atoms with Crippen molar-refractivity contribution >= 4 is 11.8 Å². The van der Waals surface area contributed by atoms with Crippen molar-refractivity contribution in [2.75, 3.05) is 40.9 Å². The summed E-state index contributed by atoms with van der Waals surface area (Å²) in [6.07, 6.45) is 1.93. The van der Waals surface area contributed by atoms with Crippen LogP contribution in [0.4, 0.5) is 0 Å². The molecule has 4 atom stereocenters. The van der Waals surface area contributed by atoms with Crippen molar-refractivity contribution in [2.24, 2.45) is 5.92 Å². The molecule has 1 aromatic rings. The van der Waals surface area contributed by atoms with Crippen molar-refractivity contribution in [3.05, 3.63) is 29.3 Å². The molecule has 0 spiro atoms. The zero-order valence-corrected chi connectivity index (χ0v) is 18.7. The maximum Gasteiger partial charge on any atom is 0.257 e. The average molecular weight is 430 g/mol. The Labute approximate surface area is 183 Å². The maximum absolute atomic E-state index is 13.1. The van der Waals surface area contributed by atoms with E-state index in [0.29, 0.717) is 30.7 Å². The highest BCUT2D eigenvalue weighted by Gasteiger charge is 2.34. The number of hydrogen-bond donors (Lipinski definition) is 0. The quantitative estimate of drug-likeness (QED) is 0.679. The molecule has 0 aromatic heterocycles. The summed E-state index contributed by atoms with van der Waals surface area (Å²) in [4.78, 5) is 29.2. The number of hydrogen-bond acceptors (Lipinski definition) is 6. The lowest BCUT2D eigenvalue weighted by Gasteiger charge is -2.38. The van der Waals surface area contributed by atoms with Crippen molar-refractivity contribution in [1.29, 1.82) is 5.26 Å². The predicted molar refractivity (Wildman–Crippen MR) is 114 cm³/mol. The first kappa shape index (κ1) is 23.0. The minimum absolute atomic E-state index is 0.0430. The van der Waals surface area contributed by atoms with Crippen LogP contribution in [0.15, 0.2) is 18.2 Å². The van der Waals surface area contributed by atoms with Crippen molar-refractivity contribution in [2.45, 2.75) is 44.5 Å². The van der Waals surface area contributed by atoms with Crippen LogP contribution in [-0.4, -0.2) is 80.8 Å². The Morgan fingerprint density at radius 1 is 1.13 bits per heavy atom. The third kappa shape index (κ3) is 5.17. The second-order valence-electron chi connectivity index (χ2n) is 8.38. The second-order valence-corrected chi connectivity index (χ2v) is 8.38. The van der Waals surface area contributed by atoms with Crippen molar-refractivity contribution in [1.82, 2.24) is 9.80 Å². The Kier molecular flexibility index (Phi) is 7.52. The van der Waals surface area contributed by atoms with Gasteiger partial charge in [0.15, 0.2) is 0 Å². The number of carbonyl (C=O) groups is 2. The predicted octanol–water partition coefficient (Wildman–Crippen LogP) is 2.07. The first-order valence-electron chi connectivity index (χ1n) is 10.7. The van der Waals surface area contributed by atoms with E-state index < -0.39 is 5.92 Å². The summed E-state index contributed by atoms with van der Waals surface area (Å²) in [7, 11) is 5.08. The van der Waals surface area contributed by atoms with Gasteiger partial charge >= 0.3 is 0 Å². The first-order chi connectivity index (χ1) is 14.8. The molecule has 2 bridgehead atoms. The van der Waals surface area contributed by atoms with Gasteiger partial charge in [0.1, 0.15) is 17.9 Å². The fraction of sp³-hybridized carbons (Fsp3) is 0.609. The lowest BCUT2D eigenvalue weighted by molar-refractivity contribution is -0.152. The third-order valence-corrected chi connectivity index (χ3v) is 6.06. The van der Waals surface area contributed by atoms with Gasteiger partial charge in [-0.25, -0.2) is 0 Å². The fourth-order valence-corrected chi connectivity index (χ4v) is 4.34. The van der Waals surface area contributed by atoms with Crippen LogP contribution in [0, 0.1) is 17.2 Å². The Morgan fingerprint density at radius 2 is 1.90 bits per heavy atom. The number of amides is 2. The van der Waals surface area contributed by atoms with Gasteiger partial charge in [-0.05, 0) is 25.0 Å². The van der Waals surface area contributed by atoms with E-state index in [1.807, 2.05) is 6.92 Å². The van der Waals surface area contributed by atoms with Crippen molar-refractivity contribution < 1.29 is 23.8 Å². The minimum atomic E-state index is -0.395. The summed E-state index contributed by atoms with van der Waals surface area (Å²) >= 11 is 0. The third-order valence-electron chi connectivity index (χ3n) is 6.06. The molecule has 8 nitrogen and oxygen atoms in total. The van der Waals surface area contributed by atoms with Gasteiger partial charge in [0.25, 0.3) is 5.91 Å². The number of likely N-dealkylation sites (N-methyl/N-ethyl adjacent to an activating group) is 1. The number of ether oxygens (including phenoxy) is 3. The molecule has 1 aromatic carbocycles. The number of para-hydroxylation sites is 1. The van der Waals surface area contributed by atoms with Gasteiger partial charge in [0, 0.05) is 40.7 Å². The molecule has 0 N–H and O–H groups in total. The summed E-state index contributed by atoms with van der Waals surface area (Å²) < 4.78 is 17.8. The molecule has 0 aliphatic carbocycles. The molecule has 0 unspecified atom stereocenters. The highest BCUT2D eigenvalue weighted by Crippen LogP contribution is 2.28. The number of methoxy groups -OCH3 is 1. The van der Waals surface area contributed by atoms with Crippen LogP contribution < -0.4 is 4.74 Å². The van der Waals surface area contributed by atoms with Crippen molar-refractivity contribution in [3.63, 3.8) is 0 Å². The van der Waals surface area contributed by atoms with E-state index in [-0.39, 0.29) is 42.4 Å².